The fourth-order valence-electron chi connectivity index (χ4n) is 2.97. The zero-order valence-corrected chi connectivity index (χ0v) is 13.3. The highest BCUT2D eigenvalue weighted by Gasteiger charge is 2.39. The van der Waals surface area contributed by atoms with Gasteiger partial charge in [-0.3, -0.25) is 0 Å². The lowest BCUT2D eigenvalue weighted by atomic mass is 9.92. The van der Waals surface area contributed by atoms with Gasteiger partial charge in [-0.05, 0) is 32.6 Å². The first-order valence-electron chi connectivity index (χ1n) is 7.22. The van der Waals surface area contributed by atoms with Gasteiger partial charge in [-0.25, -0.2) is 9.59 Å². The summed E-state index contributed by atoms with van der Waals surface area (Å²) in [4.78, 5) is 27.4. The Bertz CT molecular complexity index is 400. The van der Waals surface area contributed by atoms with Crippen molar-refractivity contribution in [2.24, 2.45) is 5.92 Å². The van der Waals surface area contributed by atoms with E-state index in [1.807, 2.05) is 16.7 Å². The maximum absolute atomic E-state index is 12.6. The SMILES string of the molecule is CC1CCN(C(=O)N2CCSC(C)(C)C2)C(C(=O)O)C1. The molecule has 2 fully saturated rings. The molecular formula is C14H24N2O3S. The number of thioether (sulfide) groups is 1. The molecule has 0 aliphatic carbocycles. The molecule has 0 aromatic rings. The average Bonchev–Trinajstić information content (AvgIpc) is 2.36. The van der Waals surface area contributed by atoms with Crippen LogP contribution in [-0.4, -0.2) is 63.1 Å². The van der Waals surface area contributed by atoms with Gasteiger partial charge in [0.15, 0.2) is 0 Å². The molecule has 6 heteroatoms. The molecule has 1 N–H and O–H groups in total. The second kappa shape index (κ2) is 5.84. The van der Waals surface area contributed by atoms with Crippen LogP contribution in [0.25, 0.3) is 0 Å². The van der Waals surface area contributed by atoms with Crippen LogP contribution in [0.3, 0.4) is 0 Å². The predicted molar refractivity (Wildman–Crippen MR) is 80.0 cm³/mol. The Hall–Kier alpha value is -0.910. The van der Waals surface area contributed by atoms with E-state index in [4.69, 9.17) is 0 Å². The van der Waals surface area contributed by atoms with Gasteiger partial charge in [0, 0.05) is 30.1 Å². The molecule has 114 valence electrons. The fraction of sp³-hybridized carbons (Fsp3) is 0.857. The molecule has 2 amide bonds. The minimum Gasteiger partial charge on any atom is -0.480 e. The van der Waals surface area contributed by atoms with Crippen molar-refractivity contribution < 1.29 is 14.7 Å². The standard InChI is InChI=1S/C14H24N2O3S/c1-10-4-5-16(11(8-10)12(17)18)13(19)15-6-7-20-14(2,3)9-15/h10-11H,4-9H2,1-3H3,(H,17,18). The van der Waals surface area contributed by atoms with Crippen LogP contribution >= 0.6 is 11.8 Å². The number of hydrogen-bond acceptors (Lipinski definition) is 3. The van der Waals surface area contributed by atoms with Gasteiger partial charge in [-0.1, -0.05) is 6.92 Å². The molecule has 0 radical (unpaired) electrons. The highest BCUT2D eigenvalue weighted by atomic mass is 32.2. The maximum atomic E-state index is 12.6. The Morgan fingerprint density at radius 3 is 2.60 bits per heavy atom. The van der Waals surface area contributed by atoms with Crippen LogP contribution in [-0.2, 0) is 4.79 Å². The number of nitrogens with zero attached hydrogens (tertiary/aromatic N) is 2. The lowest BCUT2D eigenvalue weighted by Crippen LogP contribution is -2.57. The van der Waals surface area contributed by atoms with Crippen molar-refractivity contribution in [2.45, 2.75) is 44.4 Å². The molecule has 5 nitrogen and oxygen atoms in total. The topological polar surface area (TPSA) is 60.9 Å². The second-order valence-electron chi connectivity index (χ2n) is 6.49. The summed E-state index contributed by atoms with van der Waals surface area (Å²) >= 11 is 1.87. The number of rotatable bonds is 1. The largest absolute Gasteiger partial charge is 0.480 e. The van der Waals surface area contributed by atoms with E-state index in [9.17, 15) is 14.7 Å². The van der Waals surface area contributed by atoms with E-state index in [0.29, 0.717) is 32.0 Å². The maximum Gasteiger partial charge on any atom is 0.326 e. The van der Waals surface area contributed by atoms with E-state index < -0.39 is 12.0 Å². The van der Waals surface area contributed by atoms with Crippen molar-refractivity contribution in [3.8, 4) is 0 Å². The van der Waals surface area contributed by atoms with Gasteiger partial charge in [0.1, 0.15) is 6.04 Å². The summed E-state index contributed by atoms with van der Waals surface area (Å²) in [5.41, 5.74) is 0. The number of aliphatic carboxylic acids is 1. The van der Waals surface area contributed by atoms with E-state index in [0.717, 1.165) is 12.2 Å². The van der Waals surface area contributed by atoms with Crippen LogP contribution in [0.4, 0.5) is 4.79 Å². The second-order valence-corrected chi connectivity index (χ2v) is 8.29. The highest BCUT2D eigenvalue weighted by Crippen LogP contribution is 2.31. The van der Waals surface area contributed by atoms with Crippen molar-refractivity contribution in [2.75, 3.05) is 25.4 Å². The van der Waals surface area contributed by atoms with Crippen molar-refractivity contribution in [1.29, 1.82) is 0 Å². The normalized spacial score (nSPS) is 30.1. The molecular weight excluding hydrogens is 276 g/mol. The quantitative estimate of drug-likeness (QED) is 0.806. The zero-order valence-electron chi connectivity index (χ0n) is 12.5. The summed E-state index contributed by atoms with van der Waals surface area (Å²) < 4.78 is 0.0513. The Labute approximate surface area is 124 Å². The lowest BCUT2D eigenvalue weighted by molar-refractivity contribution is -0.144. The number of carbonyl (C=O) groups is 2. The molecule has 0 aromatic heterocycles. The predicted octanol–water partition coefficient (Wildman–Crippen LogP) is 2.12. The first-order valence-corrected chi connectivity index (χ1v) is 8.21. The van der Waals surface area contributed by atoms with Gasteiger partial charge in [-0.2, -0.15) is 11.8 Å². The summed E-state index contributed by atoms with van der Waals surface area (Å²) in [5.74, 6) is 0.407. The lowest BCUT2D eigenvalue weighted by Gasteiger charge is -2.43. The van der Waals surface area contributed by atoms with Crippen molar-refractivity contribution in [3.05, 3.63) is 0 Å². The van der Waals surface area contributed by atoms with Crippen LogP contribution in [0.1, 0.15) is 33.6 Å². The molecule has 2 saturated heterocycles. The molecule has 20 heavy (non-hydrogen) atoms. The average molecular weight is 300 g/mol. The Morgan fingerprint density at radius 2 is 2.00 bits per heavy atom. The number of urea groups is 1. The minimum absolute atomic E-state index is 0.0513. The van der Waals surface area contributed by atoms with Crippen molar-refractivity contribution >= 4 is 23.8 Å². The summed E-state index contributed by atoms with van der Waals surface area (Å²) in [6, 6.07) is -0.762. The highest BCUT2D eigenvalue weighted by molar-refractivity contribution is 8.00. The summed E-state index contributed by atoms with van der Waals surface area (Å²) in [5, 5.41) is 9.36. The number of carbonyl (C=O) groups excluding carboxylic acids is 1. The van der Waals surface area contributed by atoms with Crippen LogP contribution in [0.15, 0.2) is 0 Å². The van der Waals surface area contributed by atoms with Crippen molar-refractivity contribution in [3.63, 3.8) is 0 Å². The number of carboxylic acid groups (broad SMARTS) is 1. The summed E-state index contributed by atoms with van der Waals surface area (Å²) in [6.07, 6.45) is 1.45. The minimum atomic E-state index is -0.879. The first-order chi connectivity index (χ1) is 9.30. The molecule has 2 aliphatic heterocycles. The summed E-state index contributed by atoms with van der Waals surface area (Å²) in [6.45, 7) is 8.27. The number of piperidine rings is 1. The van der Waals surface area contributed by atoms with Crippen LogP contribution in [0.2, 0.25) is 0 Å². The van der Waals surface area contributed by atoms with E-state index >= 15 is 0 Å². The Kier molecular flexibility index (Phi) is 4.52. The number of hydrogen-bond donors (Lipinski definition) is 1. The number of amides is 2. The van der Waals surface area contributed by atoms with Gasteiger partial charge in [0.25, 0.3) is 0 Å². The third kappa shape index (κ3) is 3.40. The zero-order chi connectivity index (χ0) is 14.9. The van der Waals surface area contributed by atoms with E-state index in [1.165, 1.54) is 0 Å². The third-order valence-electron chi connectivity index (χ3n) is 4.09. The summed E-state index contributed by atoms with van der Waals surface area (Å²) in [7, 11) is 0. The molecule has 0 spiro atoms. The van der Waals surface area contributed by atoms with Crippen LogP contribution in [0.5, 0.6) is 0 Å². The molecule has 2 atom stereocenters. The fourth-order valence-corrected chi connectivity index (χ4v) is 4.08. The molecule has 2 unspecified atom stereocenters. The van der Waals surface area contributed by atoms with E-state index in [-0.39, 0.29) is 10.8 Å². The van der Waals surface area contributed by atoms with Gasteiger partial charge < -0.3 is 14.9 Å². The number of carboxylic acids is 1. The third-order valence-corrected chi connectivity index (χ3v) is 5.39. The number of likely N-dealkylation sites (tertiary alicyclic amines) is 1. The molecule has 2 rings (SSSR count). The Balaban J connectivity index is 2.08. The molecule has 0 bridgehead atoms. The van der Waals surface area contributed by atoms with E-state index in [2.05, 4.69) is 20.8 Å². The monoisotopic (exact) mass is 300 g/mol. The molecule has 0 aromatic carbocycles. The van der Waals surface area contributed by atoms with Gasteiger partial charge in [-0.15, -0.1) is 0 Å². The Morgan fingerprint density at radius 1 is 1.30 bits per heavy atom. The molecule has 2 heterocycles. The smallest absolute Gasteiger partial charge is 0.326 e. The van der Waals surface area contributed by atoms with E-state index in [1.54, 1.807) is 4.90 Å². The van der Waals surface area contributed by atoms with Gasteiger partial charge >= 0.3 is 12.0 Å². The molecule has 2 aliphatic rings. The van der Waals surface area contributed by atoms with Gasteiger partial charge in [0.05, 0.1) is 0 Å². The van der Waals surface area contributed by atoms with Crippen LogP contribution in [0, 0.1) is 5.92 Å². The van der Waals surface area contributed by atoms with Gasteiger partial charge in [0.2, 0.25) is 0 Å². The van der Waals surface area contributed by atoms with Crippen LogP contribution < -0.4 is 0 Å². The first kappa shape index (κ1) is 15.5. The van der Waals surface area contributed by atoms with Crippen molar-refractivity contribution in [1.82, 2.24) is 9.80 Å². The molecule has 0 saturated carbocycles.